The first-order valence-electron chi connectivity index (χ1n) is 10.6. The van der Waals surface area contributed by atoms with E-state index in [1.165, 1.54) is 26.0 Å². The third-order valence-corrected chi connectivity index (χ3v) is 7.38. The molecule has 0 aliphatic heterocycles. The predicted octanol–water partition coefficient (Wildman–Crippen LogP) is 5.13. The number of hydrogen-bond acceptors (Lipinski definition) is 6. The first-order valence-corrected chi connectivity index (χ1v) is 12.7. The summed E-state index contributed by atoms with van der Waals surface area (Å²) in [5.41, 5.74) is -2.31. The second-order valence-electron chi connectivity index (χ2n) is 8.25. The smallest absolute Gasteiger partial charge is 0.414 e. The molecule has 2 rings (SSSR count). The molecule has 0 fully saturated rings. The lowest BCUT2D eigenvalue weighted by Crippen LogP contribution is -2.67. The summed E-state index contributed by atoms with van der Waals surface area (Å²) in [6.45, 7) is 6.20. The van der Waals surface area contributed by atoms with Crippen LogP contribution in [0, 0.1) is 11.8 Å². The van der Waals surface area contributed by atoms with Crippen molar-refractivity contribution in [2.75, 3.05) is 6.54 Å². The SMILES string of the molecule is CC(C)CN(C(=O)O)C(=O)C(C(=O)O)(C(C)C)N(SSc1ccccc1)C(=O)c1ccccc1. The highest BCUT2D eigenvalue weighted by Gasteiger charge is 2.59. The summed E-state index contributed by atoms with van der Waals surface area (Å²) < 4.78 is 0.908. The minimum absolute atomic E-state index is 0.175. The van der Waals surface area contributed by atoms with E-state index in [0.717, 1.165) is 31.0 Å². The Morgan fingerprint density at radius 2 is 1.41 bits per heavy atom. The predicted molar refractivity (Wildman–Crippen MR) is 132 cm³/mol. The van der Waals surface area contributed by atoms with E-state index >= 15 is 0 Å². The normalized spacial score (nSPS) is 12.8. The Bertz CT molecular complexity index is 1020. The molecule has 10 heteroatoms. The van der Waals surface area contributed by atoms with Gasteiger partial charge in [0.1, 0.15) is 0 Å². The molecular formula is C24H28N2O6S2. The Morgan fingerprint density at radius 3 is 1.85 bits per heavy atom. The van der Waals surface area contributed by atoms with E-state index in [-0.39, 0.29) is 18.0 Å². The lowest BCUT2D eigenvalue weighted by molar-refractivity contribution is -0.160. The quantitative estimate of drug-likeness (QED) is 0.260. The maximum atomic E-state index is 13.8. The zero-order valence-electron chi connectivity index (χ0n) is 19.4. The highest BCUT2D eigenvalue weighted by atomic mass is 33.1. The van der Waals surface area contributed by atoms with Gasteiger partial charge in [0.05, 0.1) is 0 Å². The molecule has 2 N–H and O–H groups in total. The van der Waals surface area contributed by atoms with Gasteiger partial charge in [0.15, 0.2) is 0 Å². The van der Waals surface area contributed by atoms with E-state index in [1.807, 2.05) is 6.07 Å². The van der Waals surface area contributed by atoms with Gasteiger partial charge in [-0.3, -0.25) is 9.59 Å². The average Bonchev–Trinajstić information content (AvgIpc) is 2.79. The summed E-state index contributed by atoms with van der Waals surface area (Å²) in [4.78, 5) is 53.5. The molecule has 2 aromatic carbocycles. The first-order chi connectivity index (χ1) is 16.0. The number of hydrogen-bond donors (Lipinski definition) is 2. The Morgan fingerprint density at radius 1 is 0.882 bits per heavy atom. The molecule has 2 aromatic rings. The number of aliphatic carboxylic acids is 1. The number of carboxylic acids is 1. The van der Waals surface area contributed by atoms with Crippen LogP contribution in [-0.4, -0.2) is 55.4 Å². The van der Waals surface area contributed by atoms with Crippen molar-refractivity contribution in [2.45, 2.75) is 38.1 Å². The second kappa shape index (κ2) is 11.9. The molecule has 1 unspecified atom stereocenters. The fourth-order valence-corrected chi connectivity index (χ4v) is 5.78. The first kappa shape index (κ1) is 27.3. The van der Waals surface area contributed by atoms with Crippen LogP contribution >= 0.6 is 21.8 Å². The lowest BCUT2D eigenvalue weighted by atomic mass is 9.84. The van der Waals surface area contributed by atoms with Crippen LogP contribution in [0.2, 0.25) is 0 Å². The van der Waals surface area contributed by atoms with Crippen LogP contribution < -0.4 is 0 Å². The van der Waals surface area contributed by atoms with Crippen molar-refractivity contribution in [2.24, 2.45) is 11.8 Å². The number of imide groups is 1. The molecule has 0 radical (unpaired) electrons. The minimum Gasteiger partial charge on any atom is -0.479 e. The highest BCUT2D eigenvalue weighted by molar-refractivity contribution is 8.76. The van der Waals surface area contributed by atoms with Crippen LogP contribution in [-0.2, 0) is 9.59 Å². The zero-order valence-corrected chi connectivity index (χ0v) is 21.0. The summed E-state index contributed by atoms with van der Waals surface area (Å²) in [6, 6.07) is 17.0. The molecule has 0 spiro atoms. The van der Waals surface area contributed by atoms with Gasteiger partial charge in [-0.25, -0.2) is 18.8 Å². The molecule has 0 saturated heterocycles. The molecule has 3 amide bonds. The monoisotopic (exact) mass is 504 g/mol. The highest BCUT2D eigenvalue weighted by Crippen LogP contribution is 2.43. The molecule has 0 aliphatic carbocycles. The molecule has 0 saturated carbocycles. The van der Waals surface area contributed by atoms with Gasteiger partial charge in [-0.2, -0.15) is 0 Å². The summed E-state index contributed by atoms with van der Waals surface area (Å²) in [5, 5.41) is 20.2. The number of rotatable bonds is 10. The summed E-state index contributed by atoms with van der Waals surface area (Å²) >= 11 is 0. The molecule has 34 heavy (non-hydrogen) atoms. The summed E-state index contributed by atoms with van der Waals surface area (Å²) in [5.74, 6) is -4.70. The lowest BCUT2D eigenvalue weighted by Gasteiger charge is -2.42. The van der Waals surface area contributed by atoms with E-state index in [1.54, 1.807) is 56.3 Å². The van der Waals surface area contributed by atoms with Gasteiger partial charge in [-0.1, -0.05) is 64.1 Å². The van der Waals surface area contributed by atoms with Crippen LogP contribution in [0.4, 0.5) is 4.79 Å². The fourth-order valence-electron chi connectivity index (χ4n) is 3.32. The van der Waals surface area contributed by atoms with Gasteiger partial charge in [0, 0.05) is 28.0 Å². The molecule has 0 bridgehead atoms. The Labute approximate surface area is 206 Å². The molecule has 1 atom stereocenters. The van der Waals surface area contributed by atoms with E-state index in [0.29, 0.717) is 4.90 Å². The fraction of sp³-hybridized carbons (Fsp3) is 0.333. The van der Waals surface area contributed by atoms with Crippen LogP contribution in [0.15, 0.2) is 65.6 Å². The van der Waals surface area contributed by atoms with Crippen molar-refractivity contribution < 1.29 is 29.4 Å². The summed E-state index contributed by atoms with van der Waals surface area (Å²) in [6.07, 6.45) is -1.57. The van der Waals surface area contributed by atoms with Crippen LogP contribution in [0.25, 0.3) is 0 Å². The third kappa shape index (κ3) is 5.92. The van der Waals surface area contributed by atoms with Crippen molar-refractivity contribution in [3.8, 4) is 0 Å². The number of carboxylic acid groups (broad SMARTS) is 2. The van der Waals surface area contributed by atoms with Crippen molar-refractivity contribution in [3.05, 3.63) is 66.2 Å². The van der Waals surface area contributed by atoms with Crippen molar-refractivity contribution in [3.63, 3.8) is 0 Å². The van der Waals surface area contributed by atoms with Crippen molar-refractivity contribution in [1.29, 1.82) is 0 Å². The van der Waals surface area contributed by atoms with Gasteiger partial charge in [0.2, 0.25) is 5.54 Å². The van der Waals surface area contributed by atoms with E-state index in [4.69, 9.17) is 0 Å². The second-order valence-corrected chi connectivity index (χ2v) is 10.4. The molecule has 0 heterocycles. The maximum absolute atomic E-state index is 13.8. The molecule has 0 aliphatic rings. The number of carbonyl (C=O) groups excluding carboxylic acids is 2. The van der Waals surface area contributed by atoms with Gasteiger partial charge >= 0.3 is 12.1 Å². The van der Waals surface area contributed by atoms with Crippen LogP contribution in [0.5, 0.6) is 0 Å². The van der Waals surface area contributed by atoms with Crippen molar-refractivity contribution in [1.82, 2.24) is 9.21 Å². The van der Waals surface area contributed by atoms with Crippen molar-refractivity contribution >= 4 is 45.7 Å². The molecule has 182 valence electrons. The van der Waals surface area contributed by atoms with Gasteiger partial charge in [-0.15, -0.1) is 0 Å². The third-order valence-electron chi connectivity index (χ3n) is 4.99. The van der Waals surface area contributed by atoms with E-state index < -0.39 is 35.3 Å². The largest absolute Gasteiger partial charge is 0.479 e. The van der Waals surface area contributed by atoms with Gasteiger partial charge in [-0.05, 0) is 46.9 Å². The molecule has 0 aromatic heterocycles. The number of amides is 3. The molecular weight excluding hydrogens is 476 g/mol. The minimum atomic E-state index is -2.48. The van der Waals surface area contributed by atoms with Gasteiger partial charge in [0.25, 0.3) is 11.8 Å². The Balaban J connectivity index is 2.68. The standard InChI is InChI=1S/C24H28N2O6S2/c1-16(2)15-25(23(31)32)21(28)24(17(3)4,22(29)30)26(20(27)18-11-7-5-8-12-18)34-33-19-13-9-6-10-14-19/h5-14,16-17H,15H2,1-4H3,(H,29,30)(H,31,32). The van der Waals surface area contributed by atoms with Crippen LogP contribution in [0.1, 0.15) is 38.1 Å². The van der Waals surface area contributed by atoms with E-state index in [9.17, 15) is 29.4 Å². The molecule has 8 nitrogen and oxygen atoms in total. The number of nitrogens with zero attached hydrogens (tertiary/aromatic N) is 2. The Kier molecular flexibility index (Phi) is 9.57. The van der Waals surface area contributed by atoms with Crippen LogP contribution in [0.3, 0.4) is 0 Å². The average molecular weight is 505 g/mol. The summed E-state index contributed by atoms with van der Waals surface area (Å²) in [7, 11) is 1.90. The maximum Gasteiger partial charge on any atom is 0.414 e. The number of benzene rings is 2. The Hall–Kier alpha value is -2.98. The topological polar surface area (TPSA) is 115 Å². The van der Waals surface area contributed by atoms with E-state index in [2.05, 4.69) is 0 Å². The van der Waals surface area contributed by atoms with Gasteiger partial charge < -0.3 is 10.2 Å². The number of carbonyl (C=O) groups is 4. The zero-order chi connectivity index (χ0) is 25.5.